The first kappa shape index (κ1) is 40.7. The second-order valence-corrected chi connectivity index (χ2v) is 20.8. The van der Waals surface area contributed by atoms with Crippen LogP contribution in [0.4, 0.5) is 13.6 Å². The highest BCUT2D eigenvalue weighted by atomic mass is 32.1. The van der Waals surface area contributed by atoms with E-state index in [0.29, 0.717) is 36.6 Å². The number of hydrogen-bond acceptors (Lipinski definition) is 6. The Labute approximate surface area is 301 Å². The largest absolute Gasteiger partial charge is 0.480 e. The number of carbonyl (C=O) groups excluding carboxylic acids is 2. The van der Waals surface area contributed by atoms with E-state index in [1.54, 1.807) is 17.2 Å². The van der Waals surface area contributed by atoms with Crippen LogP contribution >= 0.6 is 12.6 Å². The number of ether oxygens (including phenoxy) is 1. The van der Waals surface area contributed by atoms with Crippen LogP contribution in [0.15, 0.2) is 60.8 Å². The fourth-order valence-electron chi connectivity index (χ4n) is 5.70. The Balaban J connectivity index is 2.02. The summed E-state index contributed by atoms with van der Waals surface area (Å²) in [5.74, 6) is -2.26. The number of benzene rings is 2. The molecule has 1 heterocycles. The molecule has 3 rings (SSSR count). The standard InChI is InChI=1S/C37H52F2N4O5SSi/c1-37(2,3)34(32-21-27(29-22-28(38)13-14-30(29)39)25-42(32)24-26-11-8-7-9-12-26)43(33(44)23-41-31(15-19-49)35(45)46)17-10-16-40-36(47)48-18-20-50(4,5)6/h7-9,11-14,21-22,25,31,34,41,49H,10,15-20,23-24H2,1-6H3,(H,40,47)(H,45,46). The maximum absolute atomic E-state index is 15.1. The summed E-state index contributed by atoms with van der Waals surface area (Å²) < 4.78 is 36.8. The van der Waals surface area contributed by atoms with Crippen molar-refractivity contribution in [2.45, 2.75) is 77.9 Å². The predicted octanol–water partition coefficient (Wildman–Crippen LogP) is 7.21. The minimum absolute atomic E-state index is 0.0955. The van der Waals surface area contributed by atoms with Crippen molar-refractivity contribution in [3.05, 3.63) is 83.7 Å². The lowest BCUT2D eigenvalue weighted by atomic mass is 9.82. The summed E-state index contributed by atoms with van der Waals surface area (Å²) in [6.07, 6.45) is 1.85. The van der Waals surface area contributed by atoms with Crippen LogP contribution in [0.5, 0.6) is 0 Å². The Bertz CT molecular complexity index is 1580. The Kier molecular flexibility index (Phi) is 15.1. The van der Waals surface area contributed by atoms with Crippen LogP contribution < -0.4 is 10.6 Å². The fraction of sp³-hybridized carbons (Fsp3) is 0.486. The number of aliphatic carboxylic acids is 1. The number of thiol groups is 1. The van der Waals surface area contributed by atoms with E-state index >= 15 is 4.39 Å². The number of carboxylic acid groups (broad SMARTS) is 1. The molecule has 2 unspecified atom stereocenters. The molecule has 3 N–H and O–H groups in total. The zero-order valence-corrected chi connectivity index (χ0v) is 31.9. The molecule has 0 spiro atoms. The second kappa shape index (κ2) is 18.5. The number of carbonyl (C=O) groups is 3. The van der Waals surface area contributed by atoms with E-state index in [4.69, 9.17) is 4.74 Å². The molecule has 0 bridgehead atoms. The van der Waals surface area contributed by atoms with Gasteiger partial charge in [0.05, 0.1) is 19.2 Å². The highest BCUT2D eigenvalue weighted by Crippen LogP contribution is 2.41. The van der Waals surface area contributed by atoms with E-state index in [1.165, 1.54) is 0 Å². The lowest BCUT2D eigenvalue weighted by molar-refractivity contribution is -0.140. The smallest absolute Gasteiger partial charge is 0.407 e. The Morgan fingerprint density at radius 2 is 1.76 bits per heavy atom. The molecule has 0 radical (unpaired) electrons. The van der Waals surface area contributed by atoms with Gasteiger partial charge in [0.1, 0.15) is 17.7 Å². The number of carboxylic acids is 1. The van der Waals surface area contributed by atoms with E-state index < -0.39 is 49.3 Å². The molecule has 1 aromatic heterocycles. The SMILES string of the molecule is CC(C)(C)C(c1cc(-c2cc(F)ccc2F)cn1Cc1ccccc1)N(CCCNC(=O)OCC[Si](C)(C)C)C(=O)CNC(CCS)C(=O)O. The molecular formula is C37H52F2N4O5SSi. The summed E-state index contributed by atoms with van der Waals surface area (Å²) in [5, 5.41) is 15.4. The first-order chi connectivity index (χ1) is 23.5. The average Bonchev–Trinajstić information content (AvgIpc) is 3.43. The number of halogens is 2. The third-order valence-electron chi connectivity index (χ3n) is 8.24. The zero-order valence-electron chi connectivity index (χ0n) is 30.0. The number of amides is 2. The van der Waals surface area contributed by atoms with Crippen molar-refractivity contribution in [1.82, 2.24) is 20.1 Å². The third kappa shape index (κ3) is 12.6. The normalized spacial score (nSPS) is 13.1. The summed E-state index contributed by atoms with van der Waals surface area (Å²) in [7, 11) is -1.37. The van der Waals surface area contributed by atoms with Gasteiger partial charge in [-0.2, -0.15) is 12.6 Å². The summed E-state index contributed by atoms with van der Waals surface area (Å²) in [6, 6.07) is 14.1. The van der Waals surface area contributed by atoms with Gasteiger partial charge in [0.15, 0.2) is 0 Å². The highest BCUT2D eigenvalue weighted by molar-refractivity contribution is 7.80. The van der Waals surface area contributed by atoms with Gasteiger partial charge in [-0.15, -0.1) is 0 Å². The number of aromatic nitrogens is 1. The van der Waals surface area contributed by atoms with Gasteiger partial charge in [-0.3, -0.25) is 14.9 Å². The van der Waals surface area contributed by atoms with Crippen LogP contribution in [0.25, 0.3) is 11.1 Å². The van der Waals surface area contributed by atoms with Gasteiger partial charge >= 0.3 is 12.1 Å². The summed E-state index contributed by atoms with van der Waals surface area (Å²) in [6.45, 7) is 13.5. The van der Waals surface area contributed by atoms with Crippen LogP contribution in [0, 0.1) is 17.0 Å². The van der Waals surface area contributed by atoms with Gasteiger partial charge in [0, 0.05) is 50.7 Å². The molecule has 9 nitrogen and oxygen atoms in total. The first-order valence-electron chi connectivity index (χ1n) is 17.0. The van der Waals surface area contributed by atoms with Crippen molar-refractivity contribution in [2.75, 3.05) is 32.0 Å². The van der Waals surface area contributed by atoms with Gasteiger partial charge in [-0.1, -0.05) is 70.7 Å². The number of nitrogens with zero attached hydrogens (tertiary/aromatic N) is 2. The molecule has 0 aliphatic rings. The molecule has 0 saturated heterocycles. The Morgan fingerprint density at radius 3 is 2.38 bits per heavy atom. The van der Waals surface area contributed by atoms with E-state index in [9.17, 15) is 23.9 Å². The quantitative estimate of drug-likeness (QED) is 0.0625. The maximum Gasteiger partial charge on any atom is 0.407 e. The van der Waals surface area contributed by atoms with Crippen LogP contribution in [0.1, 0.15) is 50.9 Å². The number of nitrogens with one attached hydrogen (secondary N) is 2. The van der Waals surface area contributed by atoms with Crippen molar-refractivity contribution >= 4 is 38.7 Å². The second-order valence-electron chi connectivity index (χ2n) is 14.8. The van der Waals surface area contributed by atoms with Gasteiger partial charge < -0.3 is 24.6 Å². The monoisotopic (exact) mass is 730 g/mol. The molecule has 0 saturated carbocycles. The van der Waals surface area contributed by atoms with Gasteiger partial charge in [0.2, 0.25) is 5.91 Å². The molecule has 13 heteroatoms. The zero-order chi connectivity index (χ0) is 37.1. The number of rotatable bonds is 18. The molecular weight excluding hydrogens is 679 g/mol. The average molecular weight is 731 g/mol. The van der Waals surface area contributed by atoms with E-state index in [0.717, 1.165) is 29.8 Å². The van der Waals surface area contributed by atoms with Crippen LogP contribution in [-0.4, -0.2) is 78.7 Å². The van der Waals surface area contributed by atoms with Gasteiger partial charge in [-0.05, 0) is 59.9 Å². The first-order valence-corrected chi connectivity index (χ1v) is 21.3. The van der Waals surface area contributed by atoms with Crippen molar-refractivity contribution < 1.29 is 33.0 Å². The Hall–Kier alpha value is -3.68. The molecule has 50 heavy (non-hydrogen) atoms. The molecule has 2 atom stereocenters. The predicted molar refractivity (Wildman–Crippen MR) is 199 cm³/mol. The van der Waals surface area contributed by atoms with Gasteiger partial charge in [-0.25, -0.2) is 13.6 Å². The minimum Gasteiger partial charge on any atom is -0.480 e. The third-order valence-corrected chi connectivity index (χ3v) is 10.2. The van der Waals surface area contributed by atoms with Crippen molar-refractivity contribution in [2.24, 2.45) is 5.41 Å². The Morgan fingerprint density at radius 1 is 1.06 bits per heavy atom. The van der Waals surface area contributed by atoms with Crippen LogP contribution in [0.2, 0.25) is 25.7 Å². The fourth-order valence-corrected chi connectivity index (χ4v) is 6.68. The van der Waals surface area contributed by atoms with Gasteiger partial charge in [0.25, 0.3) is 0 Å². The van der Waals surface area contributed by atoms with E-state index in [2.05, 4.69) is 42.9 Å². The molecule has 0 aliphatic heterocycles. The van der Waals surface area contributed by atoms with Crippen molar-refractivity contribution in [3.8, 4) is 11.1 Å². The number of hydrogen-bond donors (Lipinski definition) is 4. The molecule has 2 aromatic carbocycles. The molecule has 0 fully saturated rings. The lowest BCUT2D eigenvalue weighted by Crippen LogP contribution is -2.49. The van der Waals surface area contributed by atoms with Crippen LogP contribution in [-0.2, 0) is 20.9 Å². The minimum atomic E-state index is -1.37. The molecule has 274 valence electrons. The van der Waals surface area contributed by atoms with E-state index in [1.807, 2.05) is 55.7 Å². The lowest BCUT2D eigenvalue weighted by Gasteiger charge is -2.41. The summed E-state index contributed by atoms with van der Waals surface area (Å²) in [4.78, 5) is 40.1. The van der Waals surface area contributed by atoms with E-state index in [-0.39, 0.29) is 37.5 Å². The topological polar surface area (TPSA) is 113 Å². The van der Waals surface area contributed by atoms with Crippen LogP contribution in [0.3, 0.4) is 0 Å². The molecule has 2 amide bonds. The maximum atomic E-state index is 15.1. The summed E-state index contributed by atoms with van der Waals surface area (Å²) in [5.41, 5.74) is 1.63. The molecule has 0 aliphatic carbocycles. The van der Waals surface area contributed by atoms with Crippen molar-refractivity contribution in [3.63, 3.8) is 0 Å². The number of alkyl carbamates (subject to hydrolysis) is 1. The highest BCUT2D eigenvalue weighted by Gasteiger charge is 2.37. The van der Waals surface area contributed by atoms with Crippen molar-refractivity contribution in [1.29, 1.82) is 0 Å². The molecule has 3 aromatic rings. The summed E-state index contributed by atoms with van der Waals surface area (Å²) >= 11 is 4.17.